The van der Waals surface area contributed by atoms with Gasteiger partial charge in [0, 0.05) is 29.1 Å². The Morgan fingerprint density at radius 1 is 0.449 bits per heavy atom. The highest BCUT2D eigenvalue weighted by Crippen LogP contribution is 2.40. The number of rotatable bonds is 18. The summed E-state index contributed by atoms with van der Waals surface area (Å²) in [6.45, 7) is 6.91. The molecule has 0 aliphatic heterocycles. The molecule has 2 heteroatoms. The maximum atomic E-state index is 6.02. The van der Waals surface area contributed by atoms with E-state index in [2.05, 4.69) is 93.6 Å². The van der Waals surface area contributed by atoms with E-state index in [0.29, 0.717) is 17.8 Å². The van der Waals surface area contributed by atoms with Crippen LogP contribution in [0.15, 0.2) is 97.1 Å². The first kappa shape index (κ1) is 36.8. The van der Waals surface area contributed by atoms with Crippen LogP contribution in [-0.2, 0) is 0 Å². The Balaban J connectivity index is 1.40. The number of hydrogen-bond donors (Lipinski definition) is 2. The van der Waals surface area contributed by atoms with Crippen molar-refractivity contribution in [3.63, 3.8) is 0 Å². The molecule has 0 radical (unpaired) electrons. The van der Waals surface area contributed by atoms with Gasteiger partial charge in [0.15, 0.2) is 0 Å². The maximum absolute atomic E-state index is 6.02. The molecular weight excluding hydrogens is 593 g/mol. The molecule has 4 aromatic rings. The van der Waals surface area contributed by atoms with Crippen molar-refractivity contribution in [3.8, 4) is 0 Å². The molecule has 0 aromatic heterocycles. The summed E-state index contributed by atoms with van der Waals surface area (Å²) in [5.74, 6) is 2.95. The van der Waals surface area contributed by atoms with Gasteiger partial charge in [0.25, 0.3) is 0 Å². The van der Waals surface area contributed by atoms with Crippen LogP contribution in [-0.4, -0.2) is 0 Å². The SMILES string of the molecule is CCCCCCCC(CCC(c1ccc(C(CC)c2ccc(N)cc2)cc1)c1ccc(C(CC)c2ccc(N)cc2)cc1)C1CCCCC1. The topological polar surface area (TPSA) is 52.0 Å². The third-order valence-electron chi connectivity index (χ3n) is 11.8. The molecule has 4 aromatic carbocycles. The second kappa shape index (κ2) is 19.0. The van der Waals surface area contributed by atoms with Crippen molar-refractivity contribution in [3.05, 3.63) is 130 Å². The van der Waals surface area contributed by atoms with Crippen LogP contribution < -0.4 is 11.5 Å². The highest BCUT2D eigenvalue weighted by atomic mass is 14.5. The average molecular weight is 657 g/mol. The monoisotopic (exact) mass is 657 g/mol. The fourth-order valence-corrected chi connectivity index (χ4v) is 8.84. The summed E-state index contributed by atoms with van der Waals surface area (Å²) in [5.41, 5.74) is 22.1. The molecule has 2 nitrogen and oxygen atoms in total. The Kier molecular flexibility index (Phi) is 14.3. The molecule has 1 aliphatic carbocycles. The predicted octanol–water partition coefficient (Wildman–Crippen LogP) is 13.4. The van der Waals surface area contributed by atoms with Gasteiger partial charge in [-0.25, -0.2) is 0 Å². The van der Waals surface area contributed by atoms with E-state index >= 15 is 0 Å². The minimum Gasteiger partial charge on any atom is -0.399 e. The van der Waals surface area contributed by atoms with Gasteiger partial charge in [-0.15, -0.1) is 0 Å². The Hall–Kier alpha value is -3.52. The summed E-state index contributed by atoms with van der Waals surface area (Å²) < 4.78 is 0. The molecule has 3 unspecified atom stereocenters. The third-order valence-corrected chi connectivity index (χ3v) is 11.8. The molecule has 1 saturated carbocycles. The molecule has 1 aliphatic rings. The molecule has 5 rings (SSSR count). The summed E-state index contributed by atoms with van der Waals surface area (Å²) in [5, 5.41) is 0. The first-order valence-electron chi connectivity index (χ1n) is 19.9. The molecular formula is C47H64N2. The van der Waals surface area contributed by atoms with E-state index in [1.54, 1.807) is 0 Å². The zero-order valence-electron chi connectivity index (χ0n) is 30.9. The molecule has 3 atom stereocenters. The van der Waals surface area contributed by atoms with E-state index in [1.165, 1.54) is 117 Å². The second-order valence-corrected chi connectivity index (χ2v) is 15.1. The van der Waals surface area contributed by atoms with Gasteiger partial charge in [0.05, 0.1) is 0 Å². The van der Waals surface area contributed by atoms with Crippen LogP contribution in [0.1, 0.15) is 168 Å². The van der Waals surface area contributed by atoms with Crippen LogP contribution in [0.25, 0.3) is 0 Å². The van der Waals surface area contributed by atoms with E-state index in [1.807, 2.05) is 24.3 Å². The number of unbranched alkanes of at least 4 members (excludes halogenated alkanes) is 4. The molecule has 49 heavy (non-hydrogen) atoms. The standard InChI is InChI=1S/C47H64N2/c1-4-7-8-9-11-16-36(35-14-12-10-13-15-35)29-34-47(41-21-17-37(18-22-41)45(5-2)39-25-30-43(48)31-26-39)42-23-19-38(20-24-42)46(6-3)40-27-32-44(49)33-28-40/h17-28,30-33,35-36,45-47H,4-16,29,34,48-49H2,1-3H3. The van der Waals surface area contributed by atoms with Crippen molar-refractivity contribution in [2.75, 3.05) is 11.5 Å². The molecule has 262 valence electrons. The molecule has 0 spiro atoms. The molecule has 0 bridgehead atoms. The van der Waals surface area contributed by atoms with Gasteiger partial charge in [-0.1, -0.05) is 164 Å². The number of anilines is 2. The molecule has 0 amide bonds. The Morgan fingerprint density at radius 2 is 0.837 bits per heavy atom. The zero-order valence-corrected chi connectivity index (χ0v) is 30.9. The first-order valence-corrected chi connectivity index (χ1v) is 19.9. The predicted molar refractivity (Wildman–Crippen MR) is 213 cm³/mol. The van der Waals surface area contributed by atoms with Gasteiger partial charge in [0.1, 0.15) is 0 Å². The third kappa shape index (κ3) is 10.3. The van der Waals surface area contributed by atoms with Crippen LogP contribution in [0.2, 0.25) is 0 Å². The second-order valence-electron chi connectivity index (χ2n) is 15.1. The lowest BCUT2D eigenvalue weighted by Gasteiger charge is -2.32. The van der Waals surface area contributed by atoms with Gasteiger partial charge >= 0.3 is 0 Å². The van der Waals surface area contributed by atoms with Crippen LogP contribution in [0.4, 0.5) is 11.4 Å². The highest BCUT2D eigenvalue weighted by molar-refractivity contribution is 5.45. The van der Waals surface area contributed by atoms with Crippen LogP contribution in [0.5, 0.6) is 0 Å². The molecule has 0 heterocycles. The highest BCUT2D eigenvalue weighted by Gasteiger charge is 2.26. The van der Waals surface area contributed by atoms with Gasteiger partial charge in [-0.3, -0.25) is 0 Å². The quantitative estimate of drug-likeness (QED) is 0.0827. The zero-order chi connectivity index (χ0) is 34.4. The summed E-state index contributed by atoms with van der Waals surface area (Å²) in [6, 6.07) is 36.3. The maximum Gasteiger partial charge on any atom is 0.0314 e. The lowest BCUT2D eigenvalue weighted by molar-refractivity contribution is 0.214. The largest absolute Gasteiger partial charge is 0.399 e. The minimum atomic E-state index is 0.384. The fraction of sp³-hybridized carbons (Fsp3) is 0.489. The van der Waals surface area contributed by atoms with Crippen molar-refractivity contribution in [2.45, 2.75) is 135 Å². The molecule has 1 fully saturated rings. The summed E-state index contributed by atoms with van der Waals surface area (Å²) in [6.07, 6.45) is 20.2. The lowest BCUT2D eigenvalue weighted by Crippen LogP contribution is -2.19. The van der Waals surface area contributed by atoms with E-state index in [9.17, 15) is 0 Å². The summed E-state index contributed by atoms with van der Waals surface area (Å²) in [7, 11) is 0. The van der Waals surface area contributed by atoms with Crippen molar-refractivity contribution in [1.82, 2.24) is 0 Å². The lowest BCUT2D eigenvalue weighted by atomic mass is 9.74. The van der Waals surface area contributed by atoms with Gasteiger partial charge in [0.2, 0.25) is 0 Å². The van der Waals surface area contributed by atoms with Gasteiger partial charge in [-0.2, -0.15) is 0 Å². The van der Waals surface area contributed by atoms with E-state index < -0.39 is 0 Å². The van der Waals surface area contributed by atoms with Gasteiger partial charge in [-0.05, 0) is 95.2 Å². The van der Waals surface area contributed by atoms with Crippen molar-refractivity contribution in [2.24, 2.45) is 11.8 Å². The Bertz CT molecular complexity index is 1380. The average Bonchev–Trinajstić information content (AvgIpc) is 3.14. The van der Waals surface area contributed by atoms with Crippen LogP contribution >= 0.6 is 0 Å². The van der Waals surface area contributed by atoms with Crippen molar-refractivity contribution in [1.29, 1.82) is 0 Å². The van der Waals surface area contributed by atoms with E-state index in [0.717, 1.165) is 36.1 Å². The normalized spacial score (nSPS) is 16.2. The summed E-state index contributed by atoms with van der Waals surface area (Å²) >= 11 is 0. The number of nitrogens with two attached hydrogens (primary N) is 2. The number of benzene rings is 4. The smallest absolute Gasteiger partial charge is 0.0314 e. The fourth-order valence-electron chi connectivity index (χ4n) is 8.84. The van der Waals surface area contributed by atoms with Crippen molar-refractivity contribution < 1.29 is 0 Å². The summed E-state index contributed by atoms with van der Waals surface area (Å²) in [4.78, 5) is 0. The van der Waals surface area contributed by atoms with Gasteiger partial charge < -0.3 is 11.5 Å². The molecule has 0 saturated heterocycles. The molecule has 4 N–H and O–H groups in total. The Labute approximate surface area is 299 Å². The first-order chi connectivity index (χ1) is 24.0. The van der Waals surface area contributed by atoms with E-state index in [4.69, 9.17) is 11.5 Å². The Morgan fingerprint density at radius 3 is 1.24 bits per heavy atom. The number of nitrogen functional groups attached to an aromatic ring is 2. The number of hydrogen-bond acceptors (Lipinski definition) is 2. The minimum absolute atomic E-state index is 0.384. The van der Waals surface area contributed by atoms with E-state index in [-0.39, 0.29) is 0 Å². The van der Waals surface area contributed by atoms with Crippen molar-refractivity contribution >= 4 is 11.4 Å². The van der Waals surface area contributed by atoms with Crippen LogP contribution in [0.3, 0.4) is 0 Å². The van der Waals surface area contributed by atoms with Crippen LogP contribution in [0, 0.1) is 11.8 Å².